The lowest BCUT2D eigenvalue weighted by Crippen LogP contribution is -2.41. The van der Waals surface area contributed by atoms with Crippen molar-refractivity contribution in [2.24, 2.45) is 0 Å². The molecule has 0 bridgehead atoms. The van der Waals surface area contributed by atoms with Crippen molar-refractivity contribution in [3.05, 3.63) is 143 Å². The average Bonchev–Trinajstić information content (AvgIpc) is 3.16. The summed E-state index contributed by atoms with van der Waals surface area (Å²) in [5.74, 6) is 0. The molecule has 0 saturated carbocycles. The van der Waals surface area contributed by atoms with Crippen molar-refractivity contribution in [3.8, 4) is 0 Å². The topological polar surface area (TPSA) is 6.48 Å². The van der Waals surface area contributed by atoms with Crippen LogP contribution in [-0.2, 0) is 5.41 Å². The molecule has 2 nitrogen and oxygen atoms in total. The maximum atomic E-state index is 2.69. The van der Waals surface area contributed by atoms with E-state index in [2.05, 4.69) is 239 Å². The predicted molar refractivity (Wildman–Crippen MR) is 291 cm³/mol. The lowest BCUT2D eigenvalue weighted by molar-refractivity contribution is 0.591. The van der Waals surface area contributed by atoms with Crippen LogP contribution in [-0.4, -0.2) is 33.7 Å². The Morgan fingerprint density at radius 1 is 0.403 bits per heavy atom. The monoisotopic (exact) mass is 884 g/mol. The summed E-state index contributed by atoms with van der Waals surface area (Å²) in [7, 11) is -5.71. The molecule has 0 aliphatic rings. The molecule has 0 unspecified atom stereocenters. The van der Waals surface area contributed by atoms with Gasteiger partial charge in [-0.05, 0) is 116 Å². The number of benzene rings is 7. The van der Waals surface area contributed by atoms with E-state index in [0.717, 1.165) is 0 Å². The molecule has 6 heteroatoms. The summed E-state index contributed by atoms with van der Waals surface area (Å²) in [5.41, 5.74) is 13.9. The van der Waals surface area contributed by atoms with E-state index in [9.17, 15) is 0 Å². The van der Waals surface area contributed by atoms with Gasteiger partial charge >= 0.3 is 0 Å². The molecular formula is C56H72N2Si4. The van der Waals surface area contributed by atoms with E-state index in [1.807, 2.05) is 0 Å². The van der Waals surface area contributed by atoms with Crippen LogP contribution in [0.4, 0.5) is 34.1 Å². The summed E-state index contributed by atoms with van der Waals surface area (Å²) in [6.07, 6.45) is 0. The van der Waals surface area contributed by atoms with Gasteiger partial charge in [0, 0.05) is 44.3 Å². The molecule has 0 N–H and O–H groups in total. The number of hydrogen-bond acceptors (Lipinski definition) is 2. The van der Waals surface area contributed by atoms with E-state index in [1.54, 1.807) is 0 Å². The molecule has 0 heterocycles. The molecule has 0 spiro atoms. The van der Waals surface area contributed by atoms with Crippen molar-refractivity contribution in [1.29, 1.82) is 0 Å². The van der Waals surface area contributed by atoms with Gasteiger partial charge < -0.3 is 9.80 Å². The highest BCUT2D eigenvalue weighted by atomic mass is 28.3. The molecule has 0 aromatic heterocycles. The van der Waals surface area contributed by atoms with Gasteiger partial charge in [-0.2, -0.15) is 0 Å². The van der Waals surface area contributed by atoms with E-state index in [4.69, 9.17) is 0 Å². The highest BCUT2D eigenvalue weighted by Gasteiger charge is 2.30. The summed E-state index contributed by atoms with van der Waals surface area (Å²) in [6, 6.07) is 46.3. The third-order valence-corrected chi connectivity index (χ3v) is 20.0. The Bertz CT molecular complexity index is 2790. The number of aryl methyl sites for hydroxylation is 4. The smallest absolute Gasteiger partial charge is 0.0777 e. The minimum Gasteiger partial charge on any atom is -0.309 e. The van der Waals surface area contributed by atoms with Crippen LogP contribution in [0.1, 0.15) is 48.6 Å². The molecule has 0 atom stereocenters. The van der Waals surface area contributed by atoms with Crippen LogP contribution in [0, 0.1) is 27.7 Å². The lowest BCUT2D eigenvalue weighted by atomic mass is 9.84. The maximum absolute atomic E-state index is 2.69. The van der Waals surface area contributed by atoms with Gasteiger partial charge in [0.1, 0.15) is 0 Å². The van der Waals surface area contributed by atoms with E-state index in [-0.39, 0.29) is 5.41 Å². The van der Waals surface area contributed by atoms with Gasteiger partial charge in [-0.15, -0.1) is 0 Å². The molecule has 0 fully saturated rings. The van der Waals surface area contributed by atoms with Crippen LogP contribution in [0.2, 0.25) is 65.5 Å². The van der Waals surface area contributed by atoms with Crippen LogP contribution < -0.4 is 30.5 Å². The molecule has 0 radical (unpaired) electrons. The fourth-order valence-corrected chi connectivity index (χ4v) is 13.8. The van der Waals surface area contributed by atoms with Gasteiger partial charge in [0.05, 0.1) is 45.1 Å². The van der Waals surface area contributed by atoms with Crippen LogP contribution in [0.5, 0.6) is 0 Å². The number of nitrogens with zero attached hydrogens (tertiary/aromatic N) is 2. The fraction of sp³-hybridized carbons (Fsp3) is 0.321. The van der Waals surface area contributed by atoms with Crippen molar-refractivity contribution in [2.45, 2.75) is 119 Å². The first-order chi connectivity index (χ1) is 28.9. The molecule has 0 amide bonds. The first-order valence-electron chi connectivity index (χ1n) is 23.0. The van der Waals surface area contributed by atoms with Gasteiger partial charge in [-0.25, -0.2) is 0 Å². The second-order valence-electron chi connectivity index (χ2n) is 22.1. The normalized spacial score (nSPS) is 12.6. The SMILES string of the molecule is Cc1cc(C)cc(N(c2cc(C)cc([SiH](C)C)c2)c2c3ccccc3c(N(c3cc(C)cc([Si](C)(C)C)c3)c3cc([SiH](C)C)cc([Si](C)(C)C)c3)c3cc(C(C)(C)C)ccc23)c1. The second-order valence-corrected chi connectivity index (χ2v) is 38.2. The minimum absolute atomic E-state index is 0.0503. The molecular weight excluding hydrogens is 813 g/mol. The zero-order valence-corrected chi connectivity index (χ0v) is 45.3. The molecule has 322 valence electrons. The van der Waals surface area contributed by atoms with Gasteiger partial charge in [-0.3, -0.25) is 0 Å². The van der Waals surface area contributed by atoms with Crippen LogP contribution >= 0.6 is 0 Å². The van der Waals surface area contributed by atoms with E-state index < -0.39 is 33.7 Å². The van der Waals surface area contributed by atoms with Crippen molar-refractivity contribution < 1.29 is 0 Å². The quantitative estimate of drug-likeness (QED) is 0.0767. The Balaban J connectivity index is 1.74. The standard InChI is InChI=1S/C56H72N2Si4/c1-37-24-38(2)26-42(25-37)57(43-27-39(3)29-46(32-43)59(8)9)54-50-20-18-19-21-51(50)55(53-31-41(56(5,6)7)22-23-52(53)54)58(44-28-40(4)30-48(34-44)61(12,13)14)45-33-47(60(10)11)36-49(35-45)62(15,16)17/h18-36,59-60H,1-17H3. The Kier molecular flexibility index (Phi) is 12.4. The van der Waals surface area contributed by atoms with Crippen LogP contribution in [0.3, 0.4) is 0 Å². The molecule has 7 aromatic rings. The third kappa shape index (κ3) is 9.26. The minimum atomic E-state index is -1.71. The summed E-state index contributed by atoms with van der Waals surface area (Å²) in [6.45, 7) is 41.0. The third-order valence-electron chi connectivity index (χ3n) is 12.7. The van der Waals surface area contributed by atoms with Crippen molar-refractivity contribution >= 4 is 110 Å². The Hall–Kier alpha value is -4.47. The zero-order valence-electron chi connectivity index (χ0n) is 41.0. The summed E-state index contributed by atoms with van der Waals surface area (Å²) >= 11 is 0. The molecule has 0 aliphatic carbocycles. The van der Waals surface area contributed by atoms with Gasteiger partial charge in [0.2, 0.25) is 0 Å². The summed E-state index contributed by atoms with van der Waals surface area (Å²) in [5, 5.41) is 11.1. The maximum Gasteiger partial charge on any atom is 0.0777 e. The second kappa shape index (κ2) is 16.9. The van der Waals surface area contributed by atoms with E-state index in [0.29, 0.717) is 0 Å². The molecule has 62 heavy (non-hydrogen) atoms. The Labute approximate surface area is 380 Å². The van der Waals surface area contributed by atoms with E-state index >= 15 is 0 Å². The summed E-state index contributed by atoms with van der Waals surface area (Å²) < 4.78 is 0. The molecule has 0 aliphatic heterocycles. The van der Waals surface area contributed by atoms with Crippen LogP contribution in [0.25, 0.3) is 21.5 Å². The first kappa shape index (κ1) is 45.5. The van der Waals surface area contributed by atoms with Crippen molar-refractivity contribution in [2.75, 3.05) is 9.80 Å². The predicted octanol–water partition coefficient (Wildman–Crippen LogP) is 13.9. The van der Waals surface area contributed by atoms with Gasteiger partial charge in [-0.1, -0.05) is 168 Å². The zero-order chi connectivity index (χ0) is 45.2. The van der Waals surface area contributed by atoms with Crippen LogP contribution in [0.15, 0.2) is 115 Å². The van der Waals surface area contributed by atoms with Gasteiger partial charge in [0.15, 0.2) is 0 Å². The van der Waals surface area contributed by atoms with Crippen molar-refractivity contribution in [1.82, 2.24) is 0 Å². The highest BCUT2D eigenvalue weighted by Crippen LogP contribution is 2.52. The highest BCUT2D eigenvalue weighted by molar-refractivity contribution is 6.89. The number of anilines is 6. The summed E-state index contributed by atoms with van der Waals surface area (Å²) in [4.78, 5) is 5.30. The molecule has 0 saturated heterocycles. The number of rotatable bonds is 10. The Morgan fingerprint density at radius 2 is 0.790 bits per heavy atom. The Morgan fingerprint density at radius 3 is 1.27 bits per heavy atom. The number of fused-ring (bicyclic) bond motifs is 2. The van der Waals surface area contributed by atoms with Gasteiger partial charge in [0.25, 0.3) is 0 Å². The fourth-order valence-electron chi connectivity index (χ4n) is 9.08. The lowest BCUT2D eigenvalue weighted by Gasteiger charge is -2.35. The average molecular weight is 886 g/mol. The molecule has 7 aromatic carbocycles. The largest absolute Gasteiger partial charge is 0.309 e. The number of hydrogen-bond donors (Lipinski definition) is 0. The van der Waals surface area contributed by atoms with E-state index in [1.165, 1.54) is 104 Å². The van der Waals surface area contributed by atoms with Crippen molar-refractivity contribution in [3.63, 3.8) is 0 Å². The first-order valence-corrected chi connectivity index (χ1v) is 35.7. The molecule has 7 rings (SSSR count).